The third kappa shape index (κ3) is 3.60. The second kappa shape index (κ2) is 3.93. The zero-order valence-corrected chi connectivity index (χ0v) is 8.03. The Hall–Kier alpha value is -0.820. The lowest BCUT2D eigenvalue weighted by Gasteiger charge is -2.11. The van der Waals surface area contributed by atoms with Gasteiger partial charge in [0.25, 0.3) is 0 Å². The highest BCUT2D eigenvalue weighted by Crippen LogP contribution is 2.37. The van der Waals surface area contributed by atoms with Crippen LogP contribution in [0.5, 0.6) is 11.5 Å². The monoisotopic (exact) mass is 192 g/mol. The Morgan fingerprint density at radius 2 is 1.92 bits per heavy atom. The molecular formula is C7H7B2O3P. The number of methoxy groups -OCH3 is 1. The molecule has 0 unspecified atom stereocenters. The van der Waals surface area contributed by atoms with Crippen LogP contribution in [-0.2, 0) is 4.57 Å². The molecule has 0 saturated heterocycles. The van der Waals surface area contributed by atoms with Crippen molar-refractivity contribution < 1.29 is 13.8 Å². The normalized spacial score (nSPS) is 10.8. The molecule has 0 amide bonds. The average Bonchev–Trinajstić information content (AvgIpc) is 2.01. The van der Waals surface area contributed by atoms with Crippen LogP contribution in [0.2, 0.25) is 0 Å². The van der Waals surface area contributed by atoms with Crippen LogP contribution >= 0.6 is 7.13 Å². The Morgan fingerprint density at radius 3 is 2.46 bits per heavy atom. The van der Waals surface area contributed by atoms with Gasteiger partial charge in [0.2, 0.25) is 15.1 Å². The molecule has 64 valence electrons. The topological polar surface area (TPSA) is 35.5 Å². The highest BCUT2D eigenvalue weighted by atomic mass is 31.2. The number of ether oxygens (including phenoxy) is 1. The van der Waals surface area contributed by atoms with Crippen molar-refractivity contribution in [2.24, 2.45) is 0 Å². The van der Waals surface area contributed by atoms with Crippen LogP contribution in [0, 0.1) is 0 Å². The van der Waals surface area contributed by atoms with Crippen molar-refractivity contribution in [2.75, 3.05) is 7.11 Å². The van der Waals surface area contributed by atoms with E-state index in [0.29, 0.717) is 11.5 Å². The molecule has 0 aliphatic rings. The zero-order valence-electron chi connectivity index (χ0n) is 7.14. The van der Waals surface area contributed by atoms with E-state index in [1.54, 1.807) is 24.3 Å². The fraction of sp³-hybridized carbons (Fsp3) is 0.143. The molecule has 0 spiro atoms. The van der Waals surface area contributed by atoms with E-state index in [-0.39, 0.29) is 0 Å². The maximum Gasteiger partial charge on any atom is 0.203 e. The van der Waals surface area contributed by atoms with Crippen molar-refractivity contribution in [3.63, 3.8) is 0 Å². The predicted octanol–water partition coefficient (Wildman–Crippen LogP) is 1.52. The summed E-state index contributed by atoms with van der Waals surface area (Å²) in [5, 5.41) is 0. The molecule has 0 aliphatic heterocycles. The third-order valence-electron chi connectivity index (χ3n) is 1.29. The van der Waals surface area contributed by atoms with E-state index in [2.05, 4.69) is 0 Å². The van der Waals surface area contributed by atoms with Crippen LogP contribution in [0.15, 0.2) is 24.3 Å². The molecule has 4 radical (unpaired) electrons. The molecule has 0 fully saturated rings. The summed E-state index contributed by atoms with van der Waals surface area (Å²) in [6, 6.07) is 6.55. The summed E-state index contributed by atoms with van der Waals surface area (Å²) in [5.41, 5.74) is 0. The van der Waals surface area contributed by atoms with Crippen molar-refractivity contribution in [2.45, 2.75) is 0 Å². The lowest BCUT2D eigenvalue weighted by atomic mass is 10.3. The summed E-state index contributed by atoms with van der Waals surface area (Å²) in [6.45, 7) is 0. The van der Waals surface area contributed by atoms with Gasteiger partial charge in [-0.25, -0.2) is 0 Å². The molecular weight excluding hydrogens is 185 g/mol. The maximum absolute atomic E-state index is 10.9. The summed E-state index contributed by atoms with van der Waals surface area (Å²) in [4.78, 5) is 0. The Balaban J connectivity index is 2.84. The minimum atomic E-state index is -3.47. The molecule has 1 rings (SSSR count). The molecule has 0 bridgehead atoms. The fourth-order valence-corrected chi connectivity index (χ4v) is 1.27. The van der Waals surface area contributed by atoms with Gasteiger partial charge in [-0.3, -0.25) is 0 Å². The van der Waals surface area contributed by atoms with Crippen molar-refractivity contribution in [1.29, 1.82) is 0 Å². The van der Waals surface area contributed by atoms with Gasteiger partial charge in [-0.05, 0) is 12.1 Å². The molecule has 3 nitrogen and oxygen atoms in total. The number of hydrogen-bond acceptors (Lipinski definition) is 3. The summed E-state index contributed by atoms with van der Waals surface area (Å²) in [7, 11) is 8.10. The molecule has 0 aliphatic carbocycles. The highest BCUT2D eigenvalue weighted by Gasteiger charge is 2.07. The highest BCUT2D eigenvalue weighted by molar-refractivity contribution is 8.02. The van der Waals surface area contributed by atoms with Gasteiger partial charge < -0.3 is 13.8 Å². The van der Waals surface area contributed by atoms with Gasteiger partial charge in [-0.1, -0.05) is 6.07 Å². The average molecular weight is 192 g/mol. The maximum atomic E-state index is 10.9. The lowest BCUT2D eigenvalue weighted by molar-refractivity contribution is 0.412. The minimum absolute atomic E-state index is 0.327. The standard InChI is InChI=1S/C7H7B2O3P/c1-11-6-3-2-4-7(5-6)12-13(8,9)10/h2-5H,1H3. The molecule has 0 atom stereocenters. The predicted molar refractivity (Wildman–Crippen MR) is 52.7 cm³/mol. The van der Waals surface area contributed by atoms with Gasteiger partial charge in [0.1, 0.15) is 18.6 Å². The second-order valence-electron chi connectivity index (χ2n) is 2.42. The Labute approximate surface area is 79.6 Å². The van der Waals surface area contributed by atoms with Crippen molar-refractivity contribution in [3.05, 3.63) is 24.3 Å². The van der Waals surface area contributed by atoms with E-state index in [1.807, 2.05) is 0 Å². The minimum Gasteiger partial charge on any atom is -0.497 e. The molecule has 13 heavy (non-hydrogen) atoms. The first-order valence-electron chi connectivity index (χ1n) is 3.52. The van der Waals surface area contributed by atoms with Gasteiger partial charge in [-0.15, -0.1) is 0 Å². The largest absolute Gasteiger partial charge is 0.497 e. The van der Waals surface area contributed by atoms with Crippen molar-refractivity contribution in [3.8, 4) is 11.5 Å². The lowest BCUT2D eigenvalue weighted by Crippen LogP contribution is -1.92. The molecule has 1 aromatic carbocycles. The Kier molecular flexibility index (Phi) is 3.10. The molecule has 0 heterocycles. The van der Waals surface area contributed by atoms with Crippen LogP contribution in [0.3, 0.4) is 0 Å². The van der Waals surface area contributed by atoms with Crippen LogP contribution < -0.4 is 9.26 Å². The van der Waals surface area contributed by atoms with E-state index in [1.165, 1.54) is 7.11 Å². The Bertz CT molecular complexity index is 336. The van der Waals surface area contributed by atoms with E-state index < -0.39 is 7.13 Å². The number of hydrogen-bond donors (Lipinski definition) is 0. The van der Waals surface area contributed by atoms with E-state index in [9.17, 15) is 4.57 Å². The smallest absolute Gasteiger partial charge is 0.203 e. The van der Waals surface area contributed by atoms with Gasteiger partial charge in [0.05, 0.1) is 7.11 Å². The quantitative estimate of drug-likeness (QED) is 0.537. The molecule has 6 heteroatoms. The van der Waals surface area contributed by atoms with Gasteiger partial charge in [0, 0.05) is 6.07 Å². The zero-order chi connectivity index (χ0) is 9.90. The molecule has 0 N–H and O–H groups in total. The number of rotatable bonds is 3. The summed E-state index contributed by atoms with van der Waals surface area (Å²) < 4.78 is 20.6. The summed E-state index contributed by atoms with van der Waals surface area (Å²) >= 11 is 0. The second-order valence-corrected chi connectivity index (χ2v) is 3.89. The molecule has 0 saturated carbocycles. The van der Waals surface area contributed by atoms with Crippen LogP contribution in [0.25, 0.3) is 0 Å². The molecule has 1 aromatic rings. The van der Waals surface area contributed by atoms with E-state index in [0.717, 1.165) is 0 Å². The van der Waals surface area contributed by atoms with E-state index >= 15 is 0 Å². The van der Waals surface area contributed by atoms with Gasteiger partial charge in [0.15, 0.2) is 0 Å². The summed E-state index contributed by atoms with van der Waals surface area (Å²) in [6.07, 6.45) is 0. The van der Waals surface area contributed by atoms with Crippen LogP contribution in [0.4, 0.5) is 0 Å². The first kappa shape index (κ1) is 10.3. The van der Waals surface area contributed by atoms with Gasteiger partial charge in [-0.2, -0.15) is 0 Å². The summed E-state index contributed by atoms with van der Waals surface area (Å²) in [5.74, 6) is 0.915. The van der Waals surface area contributed by atoms with E-state index in [4.69, 9.17) is 24.4 Å². The van der Waals surface area contributed by atoms with Crippen LogP contribution in [-0.4, -0.2) is 22.2 Å². The number of benzene rings is 1. The Morgan fingerprint density at radius 1 is 1.31 bits per heavy atom. The SMILES string of the molecule is [B]P([B])(=O)Oc1cccc(OC)c1. The third-order valence-corrected chi connectivity index (χ3v) is 1.79. The first-order chi connectivity index (χ1) is 6.01. The fourth-order valence-electron chi connectivity index (χ4n) is 0.823. The molecule has 0 aromatic heterocycles. The van der Waals surface area contributed by atoms with Crippen molar-refractivity contribution >= 4 is 22.3 Å². The van der Waals surface area contributed by atoms with Crippen LogP contribution in [0.1, 0.15) is 0 Å². The van der Waals surface area contributed by atoms with Gasteiger partial charge >= 0.3 is 0 Å². The first-order valence-corrected chi connectivity index (χ1v) is 5.28. The van der Waals surface area contributed by atoms with Crippen molar-refractivity contribution in [1.82, 2.24) is 0 Å².